The highest BCUT2D eigenvalue weighted by Crippen LogP contribution is 2.72. The quantitative estimate of drug-likeness (QED) is 0.797. The van der Waals surface area contributed by atoms with Gasteiger partial charge in [0, 0.05) is 36.7 Å². The monoisotopic (exact) mass is 310 g/mol. The predicted octanol–water partition coefficient (Wildman–Crippen LogP) is 3.28. The van der Waals surface area contributed by atoms with E-state index in [1.807, 2.05) is 14.1 Å². The van der Waals surface area contributed by atoms with E-state index in [4.69, 9.17) is 0 Å². The van der Waals surface area contributed by atoms with E-state index in [0.717, 1.165) is 11.7 Å². The van der Waals surface area contributed by atoms with Crippen molar-refractivity contribution in [2.75, 3.05) is 19.0 Å². The molecule has 0 spiro atoms. The number of rotatable bonds is 1. The van der Waals surface area contributed by atoms with Crippen LogP contribution in [0, 0.1) is 5.41 Å². The Morgan fingerprint density at radius 3 is 2.35 bits per heavy atom. The molecule has 0 amide bonds. The van der Waals surface area contributed by atoms with E-state index in [1.165, 1.54) is 17.7 Å². The van der Waals surface area contributed by atoms with Gasteiger partial charge in [0.2, 0.25) is 0 Å². The molecule has 3 atom stereocenters. The summed E-state index contributed by atoms with van der Waals surface area (Å²) in [6, 6.07) is 9.24. The average molecular weight is 310 g/mol. The zero-order valence-electron chi connectivity index (χ0n) is 15.0. The molecule has 0 bridgehead atoms. The highest BCUT2D eigenvalue weighted by molar-refractivity contribution is 6.48. The number of para-hydroxylation sites is 1. The second kappa shape index (κ2) is 4.37. The maximum atomic E-state index is 4.63. The molecule has 23 heavy (non-hydrogen) atoms. The number of nitrogens with zero attached hydrogens (tertiary/aromatic N) is 4. The van der Waals surface area contributed by atoms with E-state index in [2.05, 4.69) is 71.7 Å². The molecular formula is C19H26N4. The molecule has 1 aromatic rings. The summed E-state index contributed by atoms with van der Waals surface area (Å²) in [6.07, 6.45) is 1.52. The molecule has 0 radical (unpaired) electrons. The summed E-state index contributed by atoms with van der Waals surface area (Å²) in [7, 11) is 3.77. The van der Waals surface area contributed by atoms with Crippen LogP contribution in [0.2, 0.25) is 0 Å². The second-order valence-electron chi connectivity index (χ2n) is 7.78. The molecule has 2 aliphatic heterocycles. The highest BCUT2D eigenvalue weighted by Gasteiger charge is 2.73. The van der Waals surface area contributed by atoms with Crippen LogP contribution in [0.1, 0.15) is 39.7 Å². The summed E-state index contributed by atoms with van der Waals surface area (Å²) in [5.74, 6) is 2.04. The molecule has 4 nitrogen and oxygen atoms in total. The highest BCUT2D eigenvalue weighted by atomic mass is 15.5. The molecule has 122 valence electrons. The van der Waals surface area contributed by atoms with Gasteiger partial charge in [-0.3, -0.25) is 9.98 Å². The first-order chi connectivity index (χ1) is 10.9. The lowest BCUT2D eigenvalue weighted by molar-refractivity contribution is 0.184. The van der Waals surface area contributed by atoms with Gasteiger partial charge < -0.3 is 9.80 Å². The first-order valence-electron chi connectivity index (χ1n) is 8.51. The van der Waals surface area contributed by atoms with E-state index in [9.17, 15) is 0 Å². The van der Waals surface area contributed by atoms with Crippen molar-refractivity contribution in [1.29, 1.82) is 0 Å². The summed E-state index contributed by atoms with van der Waals surface area (Å²) in [6.45, 7) is 9.37. The molecule has 2 heterocycles. The summed E-state index contributed by atoms with van der Waals surface area (Å²) < 4.78 is 0. The van der Waals surface area contributed by atoms with Crippen LogP contribution in [0.3, 0.4) is 0 Å². The van der Waals surface area contributed by atoms with Crippen molar-refractivity contribution < 1.29 is 0 Å². The smallest absolute Gasteiger partial charge is 0.173 e. The maximum absolute atomic E-state index is 4.63. The average Bonchev–Trinajstić information content (AvgIpc) is 2.96. The van der Waals surface area contributed by atoms with Crippen LogP contribution in [-0.2, 0) is 5.41 Å². The first kappa shape index (κ1) is 14.7. The summed E-state index contributed by atoms with van der Waals surface area (Å²) in [5.41, 5.74) is 3.24. The molecule has 0 aromatic heterocycles. The number of hydrogen-bond acceptors (Lipinski definition) is 2. The van der Waals surface area contributed by atoms with Gasteiger partial charge in [0.1, 0.15) is 6.17 Å². The van der Waals surface area contributed by atoms with E-state index in [-0.39, 0.29) is 10.8 Å². The third-order valence-corrected chi connectivity index (χ3v) is 6.34. The summed E-state index contributed by atoms with van der Waals surface area (Å²) >= 11 is 0. The minimum absolute atomic E-state index is 0.230. The number of anilines is 1. The Hall–Kier alpha value is -1.84. The number of fused-ring (bicyclic) bond motifs is 6. The number of amidine groups is 2. The lowest BCUT2D eigenvalue weighted by Gasteiger charge is -2.44. The van der Waals surface area contributed by atoms with Gasteiger partial charge in [-0.25, -0.2) is 0 Å². The Morgan fingerprint density at radius 1 is 1.09 bits per heavy atom. The van der Waals surface area contributed by atoms with E-state index in [0.29, 0.717) is 12.2 Å². The summed E-state index contributed by atoms with van der Waals surface area (Å²) in [4.78, 5) is 14.2. The van der Waals surface area contributed by atoms with Crippen LogP contribution in [-0.4, -0.2) is 42.9 Å². The van der Waals surface area contributed by atoms with Crippen LogP contribution in [0.4, 0.5) is 5.69 Å². The minimum Gasteiger partial charge on any atom is -0.330 e. The number of hydrogen-bond donors (Lipinski definition) is 0. The molecule has 3 unspecified atom stereocenters. The fraction of sp³-hybridized carbons (Fsp3) is 0.579. The Balaban J connectivity index is 2.01. The normalized spacial score (nSPS) is 38.1. The van der Waals surface area contributed by atoms with Crippen molar-refractivity contribution >= 4 is 17.4 Å². The Labute approximate surface area is 138 Å². The third-order valence-electron chi connectivity index (χ3n) is 6.34. The van der Waals surface area contributed by atoms with Crippen molar-refractivity contribution in [2.24, 2.45) is 15.4 Å². The molecule has 1 aromatic carbocycles. The molecule has 0 N–H and O–H groups in total. The molecule has 1 saturated heterocycles. The minimum atomic E-state index is 0.230. The fourth-order valence-electron chi connectivity index (χ4n) is 4.99. The van der Waals surface area contributed by atoms with E-state index < -0.39 is 0 Å². The van der Waals surface area contributed by atoms with Gasteiger partial charge in [0.15, 0.2) is 11.7 Å². The van der Waals surface area contributed by atoms with Gasteiger partial charge in [-0.05, 0) is 31.9 Å². The van der Waals surface area contributed by atoms with Crippen LogP contribution >= 0.6 is 0 Å². The van der Waals surface area contributed by atoms with Crippen molar-refractivity contribution in [3.8, 4) is 0 Å². The molecule has 4 rings (SSSR count). The lowest BCUT2D eigenvalue weighted by atomic mass is 9.81. The Morgan fingerprint density at radius 2 is 1.74 bits per heavy atom. The largest absolute Gasteiger partial charge is 0.330 e. The topological polar surface area (TPSA) is 31.2 Å². The van der Waals surface area contributed by atoms with Crippen LogP contribution in [0.25, 0.3) is 0 Å². The van der Waals surface area contributed by atoms with Gasteiger partial charge in [0.05, 0.1) is 0 Å². The van der Waals surface area contributed by atoms with Crippen LogP contribution in [0.15, 0.2) is 34.3 Å². The summed E-state index contributed by atoms with van der Waals surface area (Å²) in [5, 5.41) is 0. The SMILES string of the molecule is C/N=C1\C(=N/C)N(C(C)C)C2N1c1ccccc1C1(C)CC21C. The standard InChI is InChI=1S/C19H26N4/c1-12(2)22-15(20-5)16(21-6)23-14-10-8-7-9-13(14)18(3)11-19(18,4)17(22)23/h7-10,12,17H,11H2,1-6H3/b20-15+,21-16+. The lowest BCUT2D eigenvalue weighted by Crippen LogP contribution is -2.53. The molecule has 4 heteroatoms. The van der Waals surface area contributed by atoms with Crippen molar-refractivity contribution in [3.63, 3.8) is 0 Å². The predicted molar refractivity (Wildman–Crippen MR) is 96.5 cm³/mol. The van der Waals surface area contributed by atoms with Gasteiger partial charge in [0.25, 0.3) is 0 Å². The van der Waals surface area contributed by atoms with E-state index in [1.54, 1.807) is 0 Å². The molecule has 1 saturated carbocycles. The van der Waals surface area contributed by atoms with Gasteiger partial charge in [-0.15, -0.1) is 0 Å². The van der Waals surface area contributed by atoms with Gasteiger partial charge in [-0.1, -0.05) is 32.0 Å². The molecule has 3 aliphatic rings. The Bertz CT molecular complexity index is 735. The van der Waals surface area contributed by atoms with Crippen molar-refractivity contribution in [1.82, 2.24) is 4.90 Å². The van der Waals surface area contributed by atoms with Gasteiger partial charge in [-0.2, -0.15) is 0 Å². The maximum Gasteiger partial charge on any atom is 0.173 e. The van der Waals surface area contributed by atoms with Crippen LogP contribution in [0.5, 0.6) is 0 Å². The van der Waals surface area contributed by atoms with Crippen molar-refractivity contribution in [2.45, 2.75) is 51.7 Å². The zero-order chi connectivity index (χ0) is 16.6. The number of aliphatic imine (C=N–C) groups is 2. The molecular weight excluding hydrogens is 284 g/mol. The zero-order valence-corrected chi connectivity index (χ0v) is 15.0. The van der Waals surface area contributed by atoms with Crippen LogP contribution < -0.4 is 4.90 Å². The van der Waals surface area contributed by atoms with Gasteiger partial charge >= 0.3 is 0 Å². The van der Waals surface area contributed by atoms with Crippen molar-refractivity contribution in [3.05, 3.63) is 29.8 Å². The molecule has 1 aliphatic carbocycles. The third kappa shape index (κ3) is 1.52. The first-order valence-corrected chi connectivity index (χ1v) is 8.51. The molecule has 2 fully saturated rings. The Kier molecular flexibility index (Phi) is 2.80. The second-order valence-corrected chi connectivity index (χ2v) is 7.78. The number of benzene rings is 1. The van der Waals surface area contributed by atoms with E-state index >= 15 is 0 Å². The fourth-order valence-corrected chi connectivity index (χ4v) is 4.99.